The molecule has 0 aliphatic heterocycles. The second kappa shape index (κ2) is 6.21. The van der Waals surface area contributed by atoms with Gasteiger partial charge in [0.2, 0.25) is 5.91 Å². The summed E-state index contributed by atoms with van der Waals surface area (Å²) in [6.45, 7) is 0.972. The molecule has 1 saturated carbocycles. The van der Waals surface area contributed by atoms with Crippen molar-refractivity contribution >= 4 is 17.3 Å². The molecule has 1 aliphatic carbocycles. The van der Waals surface area contributed by atoms with Gasteiger partial charge in [-0.25, -0.2) is 0 Å². The van der Waals surface area contributed by atoms with Gasteiger partial charge in [0.05, 0.1) is 24.0 Å². The molecule has 0 saturated heterocycles. The van der Waals surface area contributed by atoms with Gasteiger partial charge in [0.25, 0.3) is 0 Å². The summed E-state index contributed by atoms with van der Waals surface area (Å²) in [6.07, 6.45) is 2.69. The Bertz CT molecular complexity index is 490. The van der Waals surface area contributed by atoms with Crippen molar-refractivity contribution in [2.45, 2.75) is 25.3 Å². The largest absolute Gasteiger partial charge is 0.397 e. The van der Waals surface area contributed by atoms with Crippen LogP contribution in [0.15, 0.2) is 24.3 Å². The number of nitrogen functional groups attached to an aromatic ring is 1. The summed E-state index contributed by atoms with van der Waals surface area (Å²) in [7, 11) is 0. The van der Waals surface area contributed by atoms with Crippen molar-refractivity contribution in [3.05, 3.63) is 24.3 Å². The Morgan fingerprint density at radius 2 is 2.21 bits per heavy atom. The SMILES string of the molecule is N#CCCN(CC(=O)Nc1ccccc1N)C1CC1. The minimum Gasteiger partial charge on any atom is -0.397 e. The zero-order valence-electron chi connectivity index (χ0n) is 10.8. The molecule has 1 aliphatic rings. The molecule has 1 aromatic carbocycles. The molecule has 0 aromatic heterocycles. The molecule has 0 atom stereocenters. The van der Waals surface area contributed by atoms with E-state index in [9.17, 15) is 4.79 Å². The third-order valence-electron chi connectivity index (χ3n) is 3.16. The lowest BCUT2D eigenvalue weighted by Crippen LogP contribution is -2.35. The summed E-state index contributed by atoms with van der Waals surface area (Å²) in [6, 6.07) is 9.78. The number of nitriles is 1. The second-order valence-electron chi connectivity index (χ2n) is 4.75. The number of nitrogens with two attached hydrogens (primary N) is 1. The zero-order valence-corrected chi connectivity index (χ0v) is 10.8. The van der Waals surface area contributed by atoms with Gasteiger partial charge in [-0.2, -0.15) is 5.26 Å². The number of nitrogens with one attached hydrogen (secondary N) is 1. The van der Waals surface area contributed by atoms with Gasteiger partial charge in [0.15, 0.2) is 0 Å². The number of amides is 1. The molecule has 1 aromatic rings. The lowest BCUT2D eigenvalue weighted by Gasteiger charge is -2.20. The van der Waals surface area contributed by atoms with Gasteiger partial charge in [0, 0.05) is 19.0 Å². The predicted molar refractivity (Wildman–Crippen MR) is 74.3 cm³/mol. The van der Waals surface area contributed by atoms with Crippen molar-refractivity contribution in [2.24, 2.45) is 0 Å². The minimum absolute atomic E-state index is 0.0808. The van der Waals surface area contributed by atoms with Crippen LogP contribution >= 0.6 is 0 Å². The molecule has 19 heavy (non-hydrogen) atoms. The molecular formula is C14H18N4O. The van der Waals surface area contributed by atoms with Crippen molar-refractivity contribution in [3.8, 4) is 6.07 Å². The van der Waals surface area contributed by atoms with Crippen molar-refractivity contribution in [2.75, 3.05) is 24.1 Å². The van der Waals surface area contributed by atoms with Crippen molar-refractivity contribution in [1.29, 1.82) is 5.26 Å². The normalized spacial score (nSPS) is 14.1. The van der Waals surface area contributed by atoms with Crippen LogP contribution in [-0.4, -0.2) is 29.9 Å². The standard InChI is InChI=1S/C14H18N4O/c15-8-3-9-18(11-6-7-11)10-14(19)17-13-5-2-1-4-12(13)16/h1-2,4-5,11H,3,6-7,9-10,16H2,(H,17,19). The number of carbonyl (C=O) groups excluding carboxylic acids is 1. The van der Waals surface area contributed by atoms with Crippen molar-refractivity contribution < 1.29 is 4.79 Å². The first-order valence-electron chi connectivity index (χ1n) is 6.46. The summed E-state index contributed by atoms with van der Waals surface area (Å²) >= 11 is 0. The van der Waals surface area contributed by atoms with Crippen LogP contribution in [0, 0.1) is 11.3 Å². The average molecular weight is 258 g/mol. The van der Waals surface area contributed by atoms with E-state index in [1.165, 1.54) is 0 Å². The van der Waals surface area contributed by atoms with Gasteiger partial charge in [-0.05, 0) is 25.0 Å². The van der Waals surface area contributed by atoms with Crippen LogP contribution in [-0.2, 0) is 4.79 Å². The Morgan fingerprint density at radius 3 is 2.84 bits per heavy atom. The fourth-order valence-corrected chi connectivity index (χ4v) is 2.01. The van der Waals surface area contributed by atoms with Gasteiger partial charge in [-0.15, -0.1) is 0 Å². The molecule has 5 heteroatoms. The Labute approximate surface area is 113 Å². The van der Waals surface area contributed by atoms with E-state index in [1.54, 1.807) is 12.1 Å². The molecule has 0 heterocycles. The maximum atomic E-state index is 12.0. The Kier molecular flexibility index (Phi) is 4.37. The number of benzene rings is 1. The molecule has 5 nitrogen and oxygen atoms in total. The highest BCUT2D eigenvalue weighted by molar-refractivity contribution is 5.95. The smallest absolute Gasteiger partial charge is 0.238 e. The minimum atomic E-state index is -0.0808. The predicted octanol–water partition coefficient (Wildman–Crippen LogP) is 1.59. The van der Waals surface area contributed by atoms with Crippen LogP contribution in [0.1, 0.15) is 19.3 Å². The monoisotopic (exact) mass is 258 g/mol. The summed E-state index contributed by atoms with van der Waals surface area (Å²) < 4.78 is 0. The summed E-state index contributed by atoms with van der Waals surface area (Å²) in [5.41, 5.74) is 6.98. The van der Waals surface area contributed by atoms with E-state index in [0.717, 1.165) is 12.8 Å². The van der Waals surface area contributed by atoms with E-state index in [-0.39, 0.29) is 5.91 Å². The Morgan fingerprint density at radius 1 is 1.47 bits per heavy atom. The fraction of sp³-hybridized carbons (Fsp3) is 0.429. The third-order valence-corrected chi connectivity index (χ3v) is 3.16. The number of anilines is 2. The lowest BCUT2D eigenvalue weighted by molar-refractivity contribution is -0.117. The first-order valence-corrected chi connectivity index (χ1v) is 6.46. The molecule has 100 valence electrons. The third kappa shape index (κ3) is 3.97. The maximum absolute atomic E-state index is 12.0. The molecule has 0 spiro atoms. The van der Waals surface area contributed by atoms with Crippen LogP contribution in [0.3, 0.4) is 0 Å². The highest BCUT2D eigenvalue weighted by Crippen LogP contribution is 2.26. The van der Waals surface area contributed by atoms with E-state index in [1.807, 2.05) is 12.1 Å². The maximum Gasteiger partial charge on any atom is 0.238 e. The molecule has 1 fully saturated rings. The van der Waals surface area contributed by atoms with Crippen LogP contribution in [0.2, 0.25) is 0 Å². The van der Waals surface area contributed by atoms with Crippen LogP contribution in [0.5, 0.6) is 0 Å². The topological polar surface area (TPSA) is 82.2 Å². The summed E-state index contributed by atoms with van der Waals surface area (Å²) in [5.74, 6) is -0.0808. The van der Waals surface area contributed by atoms with Gasteiger partial charge >= 0.3 is 0 Å². The summed E-state index contributed by atoms with van der Waals surface area (Å²) in [4.78, 5) is 14.0. The van der Waals surface area contributed by atoms with Gasteiger partial charge in [-0.1, -0.05) is 12.1 Å². The highest BCUT2D eigenvalue weighted by Gasteiger charge is 2.29. The lowest BCUT2D eigenvalue weighted by atomic mass is 10.2. The fourth-order valence-electron chi connectivity index (χ4n) is 2.01. The average Bonchev–Trinajstić information content (AvgIpc) is 3.21. The van der Waals surface area contributed by atoms with Gasteiger partial charge in [0.1, 0.15) is 0 Å². The molecule has 2 rings (SSSR count). The van der Waals surface area contributed by atoms with E-state index < -0.39 is 0 Å². The Balaban J connectivity index is 1.89. The first-order chi connectivity index (χ1) is 9.20. The molecule has 0 unspecified atom stereocenters. The van der Waals surface area contributed by atoms with Crippen LogP contribution in [0.25, 0.3) is 0 Å². The summed E-state index contributed by atoms with van der Waals surface area (Å²) in [5, 5.41) is 11.4. The number of hydrogen-bond acceptors (Lipinski definition) is 4. The van der Waals surface area contributed by atoms with E-state index in [0.29, 0.717) is 36.9 Å². The van der Waals surface area contributed by atoms with Crippen LogP contribution in [0.4, 0.5) is 11.4 Å². The number of carbonyl (C=O) groups is 1. The number of rotatable bonds is 6. The number of para-hydroxylation sites is 2. The number of hydrogen-bond donors (Lipinski definition) is 2. The van der Waals surface area contributed by atoms with E-state index in [2.05, 4.69) is 16.3 Å². The molecule has 3 N–H and O–H groups in total. The van der Waals surface area contributed by atoms with Gasteiger partial charge in [-0.3, -0.25) is 9.69 Å². The van der Waals surface area contributed by atoms with E-state index >= 15 is 0 Å². The van der Waals surface area contributed by atoms with Gasteiger partial charge < -0.3 is 11.1 Å². The van der Waals surface area contributed by atoms with Crippen molar-refractivity contribution in [1.82, 2.24) is 4.90 Å². The quantitative estimate of drug-likeness (QED) is 0.759. The first kappa shape index (κ1) is 13.4. The Hall–Kier alpha value is -2.06. The highest BCUT2D eigenvalue weighted by atomic mass is 16.2. The zero-order chi connectivity index (χ0) is 13.7. The molecule has 0 radical (unpaired) electrons. The second-order valence-corrected chi connectivity index (χ2v) is 4.75. The van der Waals surface area contributed by atoms with Crippen LogP contribution < -0.4 is 11.1 Å². The molecule has 0 bridgehead atoms. The van der Waals surface area contributed by atoms with E-state index in [4.69, 9.17) is 11.0 Å². The van der Waals surface area contributed by atoms with Crippen molar-refractivity contribution in [3.63, 3.8) is 0 Å². The number of nitrogens with zero attached hydrogens (tertiary/aromatic N) is 2. The molecule has 1 amide bonds. The molecular weight excluding hydrogens is 240 g/mol.